The van der Waals surface area contributed by atoms with Gasteiger partial charge in [0.1, 0.15) is 0 Å². The Balaban J connectivity index is 1.74. The van der Waals surface area contributed by atoms with Gasteiger partial charge in [0.2, 0.25) is 5.91 Å². The molecule has 0 aliphatic carbocycles. The number of methoxy groups -OCH3 is 2. The lowest BCUT2D eigenvalue weighted by atomic mass is 10.0. The van der Waals surface area contributed by atoms with Crippen molar-refractivity contribution in [3.05, 3.63) is 59.0 Å². The van der Waals surface area contributed by atoms with Crippen LogP contribution in [0.15, 0.2) is 47.8 Å². The molecule has 1 heterocycles. The molecule has 3 aromatic rings. The lowest BCUT2D eigenvalue weighted by molar-refractivity contribution is -0.138. The van der Waals surface area contributed by atoms with Crippen molar-refractivity contribution >= 4 is 22.4 Å². The SMILES string of the molecule is COc1ccc(-c2csc(NC(=O)Cc3ccccc3C(F)(F)F)n2)cc1OC. The third-order valence-corrected chi connectivity index (χ3v) is 4.86. The highest BCUT2D eigenvalue weighted by atomic mass is 32.1. The molecule has 0 unspecified atom stereocenters. The Bertz CT molecular complexity index is 1020. The minimum Gasteiger partial charge on any atom is -0.493 e. The number of nitrogens with zero attached hydrogens (tertiary/aromatic N) is 1. The molecule has 2 aromatic carbocycles. The predicted octanol–water partition coefficient (Wildman–Crippen LogP) is 5.03. The van der Waals surface area contributed by atoms with E-state index in [2.05, 4.69) is 10.3 Å². The van der Waals surface area contributed by atoms with Crippen LogP contribution in [0.3, 0.4) is 0 Å². The molecule has 0 aliphatic rings. The van der Waals surface area contributed by atoms with E-state index in [-0.39, 0.29) is 5.56 Å². The van der Waals surface area contributed by atoms with Gasteiger partial charge in [-0.15, -0.1) is 11.3 Å². The van der Waals surface area contributed by atoms with Gasteiger partial charge in [-0.3, -0.25) is 4.79 Å². The van der Waals surface area contributed by atoms with Crippen molar-refractivity contribution < 1.29 is 27.4 Å². The van der Waals surface area contributed by atoms with Crippen molar-refractivity contribution in [2.75, 3.05) is 19.5 Å². The molecule has 0 aliphatic heterocycles. The first-order valence-electron chi connectivity index (χ1n) is 8.44. The molecular weight excluding hydrogens is 405 g/mol. The number of carbonyl (C=O) groups is 1. The lowest BCUT2D eigenvalue weighted by Gasteiger charge is -2.12. The minimum atomic E-state index is -4.52. The van der Waals surface area contributed by atoms with Gasteiger partial charge in [0.05, 0.1) is 31.9 Å². The van der Waals surface area contributed by atoms with Crippen LogP contribution in [0.25, 0.3) is 11.3 Å². The molecule has 29 heavy (non-hydrogen) atoms. The fourth-order valence-electron chi connectivity index (χ4n) is 2.75. The first-order chi connectivity index (χ1) is 13.8. The Hall–Kier alpha value is -3.07. The van der Waals surface area contributed by atoms with E-state index in [0.717, 1.165) is 11.6 Å². The number of aromatic nitrogens is 1. The van der Waals surface area contributed by atoms with E-state index < -0.39 is 24.1 Å². The molecule has 0 radical (unpaired) electrons. The summed E-state index contributed by atoms with van der Waals surface area (Å²) in [7, 11) is 3.05. The number of thiazole rings is 1. The lowest BCUT2D eigenvalue weighted by Crippen LogP contribution is -2.17. The molecule has 0 bridgehead atoms. The van der Waals surface area contributed by atoms with Crippen LogP contribution < -0.4 is 14.8 Å². The topological polar surface area (TPSA) is 60.5 Å². The second-order valence-corrected chi connectivity index (χ2v) is 6.85. The van der Waals surface area contributed by atoms with Crippen LogP contribution in [0.4, 0.5) is 18.3 Å². The summed E-state index contributed by atoms with van der Waals surface area (Å²) >= 11 is 1.18. The van der Waals surface area contributed by atoms with Crippen molar-refractivity contribution in [2.24, 2.45) is 0 Å². The number of benzene rings is 2. The zero-order chi connectivity index (χ0) is 21.0. The molecule has 0 saturated heterocycles. The number of hydrogen-bond acceptors (Lipinski definition) is 5. The normalized spacial score (nSPS) is 11.2. The van der Waals surface area contributed by atoms with Crippen molar-refractivity contribution in [3.8, 4) is 22.8 Å². The van der Waals surface area contributed by atoms with E-state index in [1.807, 2.05) is 0 Å². The minimum absolute atomic E-state index is 0.0887. The standard InChI is InChI=1S/C20H17F3N2O3S/c1-27-16-8-7-13(9-17(16)28-2)15-11-29-19(24-15)25-18(26)10-12-5-3-4-6-14(12)20(21,22)23/h3-9,11H,10H2,1-2H3,(H,24,25,26). The molecule has 5 nitrogen and oxygen atoms in total. The summed E-state index contributed by atoms with van der Waals surface area (Å²) in [5.41, 5.74) is 0.443. The Morgan fingerprint density at radius 2 is 1.83 bits per heavy atom. The third kappa shape index (κ3) is 4.86. The van der Waals surface area contributed by atoms with Crippen LogP contribution in [-0.4, -0.2) is 25.1 Å². The summed E-state index contributed by atoms with van der Waals surface area (Å²) in [4.78, 5) is 16.6. The number of alkyl halides is 3. The van der Waals surface area contributed by atoms with E-state index in [1.54, 1.807) is 23.6 Å². The Morgan fingerprint density at radius 1 is 1.10 bits per heavy atom. The van der Waals surface area contributed by atoms with Gasteiger partial charge in [-0.1, -0.05) is 18.2 Å². The monoisotopic (exact) mass is 422 g/mol. The first-order valence-corrected chi connectivity index (χ1v) is 9.32. The Morgan fingerprint density at radius 3 is 2.52 bits per heavy atom. The fraction of sp³-hybridized carbons (Fsp3) is 0.200. The van der Waals surface area contributed by atoms with Crippen molar-refractivity contribution in [3.63, 3.8) is 0 Å². The average molecular weight is 422 g/mol. The number of nitrogens with one attached hydrogen (secondary N) is 1. The molecule has 1 aromatic heterocycles. The van der Waals surface area contributed by atoms with Crippen LogP contribution in [0, 0.1) is 0 Å². The maximum absolute atomic E-state index is 13.1. The summed E-state index contributed by atoms with van der Waals surface area (Å²) in [6.45, 7) is 0. The average Bonchev–Trinajstić information content (AvgIpc) is 3.15. The molecule has 3 rings (SSSR count). The molecule has 0 saturated carbocycles. The van der Waals surface area contributed by atoms with Crippen LogP contribution in [0.1, 0.15) is 11.1 Å². The van der Waals surface area contributed by atoms with E-state index in [9.17, 15) is 18.0 Å². The van der Waals surface area contributed by atoms with E-state index >= 15 is 0 Å². The van der Waals surface area contributed by atoms with Gasteiger partial charge in [0.25, 0.3) is 0 Å². The predicted molar refractivity (Wildman–Crippen MR) is 104 cm³/mol. The number of rotatable bonds is 6. The van der Waals surface area contributed by atoms with Gasteiger partial charge in [-0.05, 0) is 29.8 Å². The summed E-state index contributed by atoms with van der Waals surface area (Å²) in [5.74, 6) is 0.533. The molecular formula is C20H17F3N2O3S. The summed E-state index contributed by atoms with van der Waals surface area (Å²) < 4.78 is 49.7. The maximum atomic E-state index is 13.1. The van der Waals surface area contributed by atoms with Gasteiger partial charge in [-0.25, -0.2) is 4.98 Å². The number of carbonyl (C=O) groups excluding carboxylic acids is 1. The number of hydrogen-bond donors (Lipinski definition) is 1. The maximum Gasteiger partial charge on any atom is 0.416 e. The second-order valence-electron chi connectivity index (χ2n) is 5.99. The summed E-state index contributed by atoms with van der Waals surface area (Å²) in [6.07, 6.45) is -4.92. The molecule has 152 valence electrons. The van der Waals surface area contributed by atoms with Gasteiger partial charge in [-0.2, -0.15) is 13.2 Å². The number of halogens is 3. The fourth-order valence-corrected chi connectivity index (χ4v) is 3.48. The molecule has 1 N–H and O–H groups in total. The zero-order valence-electron chi connectivity index (χ0n) is 15.5. The molecule has 0 atom stereocenters. The molecule has 1 amide bonds. The van der Waals surface area contributed by atoms with Gasteiger partial charge in [0.15, 0.2) is 16.6 Å². The highest BCUT2D eigenvalue weighted by molar-refractivity contribution is 7.14. The number of amides is 1. The molecule has 0 fully saturated rings. The van der Waals surface area contributed by atoms with Crippen molar-refractivity contribution in [2.45, 2.75) is 12.6 Å². The second kappa shape index (κ2) is 8.52. The molecule has 0 spiro atoms. The van der Waals surface area contributed by atoms with Crippen LogP contribution in [-0.2, 0) is 17.4 Å². The zero-order valence-corrected chi connectivity index (χ0v) is 16.4. The third-order valence-electron chi connectivity index (χ3n) is 4.10. The van der Waals surface area contributed by atoms with Crippen molar-refractivity contribution in [1.29, 1.82) is 0 Å². The van der Waals surface area contributed by atoms with Crippen LogP contribution in [0.2, 0.25) is 0 Å². The Labute approximate surface area is 169 Å². The highest BCUT2D eigenvalue weighted by Gasteiger charge is 2.33. The summed E-state index contributed by atoms with van der Waals surface area (Å²) in [6, 6.07) is 10.3. The van der Waals surface area contributed by atoms with E-state index in [4.69, 9.17) is 9.47 Å². The quantitative estimate of drug-likeness (QED) is 0.606. The van der Waals surface area contributed by atoms with Gasteiger partial charge in [0, 0.05) is 10.9 Å². The largest absolute Gasteiger partial charge is 0.493 e. The summed E-state index contributed by atoms with van der Waals surface area (Å²) in [5, 5.41) is 4.59. The van der Waals surface area contributed by atoms with Crippen LogP contribution in [0.5, 0.6) is 11.5 Å². The number of ether oxygens (including phenoxy) is 2. The van der Waals surface area contributed by atoms with Gasteiger partial charge >= 0.3 is 6.18 Å². The smallest absolute Gasteiger partial charge is 0.416 e. The Kier molecular flexibility index (Phi) is 6.07. The van der Waals surface area contributed by atoms with E-state index in [1.165, 1.54) is 43.8 Å². The highest BCUT2D eigenvalue weighted by Crippen LogP contribution is 2.34. The van der Waals surface area contributed by atoms with E-state index in [0.29, 0.717) is 22.3 Å². The first kappa shape index (κ1) is 20.7. The van der Waals surface area contributed by atoms with Gasteiger partial charge < -0.3 is 14.8 Å². The van der Waals surface area contributed by atoms with Crippen LogP contribution >= 0.6 is 11.3 Å². The molecule has 9 heteroatoms. The van der Waals surface area contributed by atoms with Crippen molar-refractivity contribution in [1.82, 2.24) is 4.98 Å². The number of anilines is 1.